The highest BCUT2D eigenvalue weighted by atomic mass is 16.5. The molecule has 6 nitrogen and oxygen atoms in total. The summed E-state index contributed by atoms with van der Waals surface area (Å²) >= 11 is 0. The molecule has 0 aliphatic rings. The van der Waals surface area contributed by atoms with Crippen LogP contribution in [0.2, 0.25) is 0 Å². The second-order valence-electron chi connectivity index (χ2n) is 2.19. The molecule has 0 heterocycles. The topological polar surface area (TPSA) is 84.7 Å². The SMILES string of the molecule is COCCN(C)C(=O)C(=O)NN. The molecule has 0 bridgehead atoms. The predicted molar refractivity (Wildman–Crippen MR) is 41.8 cm³/mol. The third kappa shape index (κ3) is 3.31. The molecule has 0 saturated heterocycles. The largest absolute Gasteiger partial charge is 0.383 e. The number of amides is 2. The number of methoxy groups -OCH3 is 1. The Hall–Kier alpha value is -1.14. The molecule has 0 aromatic rings. The van der Waals surface area contributed by atoms with Gasteiger partial charge in [-0.2, -0.15) is 0 Å². The number of carbonyl (C=O) groups is 2. The van der Waals surface area contributed by atoms with Crippen molar-refractivity contribution in [2.45, 2.75) is 0 Å². The molecule has 0 aliphatic carbocycles. The summed E-state index contributed by atoms with van der Waals surface area (Å²) in [6.45, 7) is 0.753. The first-order valence-corrected chi connectivity index (χ1v) is 3.38. The zero-order chi connectivity index (χ0) is 9.56. The summed E-state index contributed by atoms with van der Waals surface area (Å²) < 4.78 is 4.72. The molecule has 6 heteroatoms. The lowest BCUT2D eigenvalue weighted by Crippen LogP contribution is -2.44. The van der Waals surface area contributed by atoms with Crippen LogP contribution < -0.4 is 11.3 Å². The number of nitrogens with one attached hydrogen (secondary N) is 1. The molecule has 0 radical (unpaired) electrons. The first-order chi connectivity index (χ1) is 5.63. The highest BCUT2D eigenvalue weighted by Gasteiger charge is 2.16. The summed E-state index contributed by atoms with van der Waals surface area (Å²) in [5, 5.41) is 0. The zero-order valence-electron chi connectivity index (χ0n) is 7.16. The molecule has 2 amide bonds. The van der Waals surface area contributed by atoms with Crippen molar-refractivity contribution in [2.24, 2.45) is 5.84 Å². The summed E-state index contributed by atoms with van der Waals surface area (Å²) in [6, 6.07) is 0. The van der Waals surface area contributed by atoms with Crippen LogP contribution in [0.5, 0.6) is 0 Å². The first kappa shape index (κ1) is 10.9. The van der Waals surface area contributed by atoms with E-state index in [9.17, 15) is 9.59 Å². The Morgan fingerprint density at radius 1 is 1.58 bits per heavy atom. The quantitative estimate of drug-likeness (QED) is 0.227. The van der Waals surface area contributed by atoms with Gasteiger partial charge in [0.2, 0.25) is 0 Å². The van der Waals surface area contributed by atoms with Crippen molar-refractivity contribution in [1.29, 1.82) is 0 Å². The second-order valence-corrected chi connectivity index (χ2v) is 2.19. The maximum Gasteiger partial charge on any atom is 0.323 e. The second kappa shape index (κ2) is 5.50. The van der Waals surface area contributed by atoms with E-state index in [1.54, 1.807) is 5.43 Å². The van der Waals surface area contributed by atoms with Gasteiger partial charge in [0, 0.05) is 20.7 Å². The minimum atomic E-state index is -0.825. The fourth-order valence-electron chi connectivity index (χ4n) is 0.565. The standard InChI is InChI=1S/C6H13N3O3/c1-9(3-4-12-2)6(11)5(10)8-7/h3-4,7H2,1-2H3,(H,8,10). The predicted octanol–water partition coefficient (Wildman–Crippen LogP) is -1.92. The van der Waals surface area contributed by atoms with Crippen LogP contribution in [0.3, 0.4) is 0 Å². The van der Waals surface area contributed by atoms with Crippen LogP contribution in [-0.4, -0.2) is 44.0 Å². The van der Waals surface area contributed by atoms with Crippen molar-refractivity contribution in [3.05, 3.63) is 0 Å². The lowest BCUT2D eigenvalue weighted by molar-refractivity contribution is -0.145. The molecule has 70 valence electrons. The summed E-state index contributed by atoms with van der Waals surface area (Å²) in [4.78, 5) is 22.8. The number of rotatable bonds is 3. The monoisotopic (exact) mass is 175 g/mol. The van der Waals surface area contributed by atoms with Gasteiger partial charge in [0.25, 0.3) is 0 Å². The van der Waals surface area contributed by atoms with Gasteiger partial charge in [0.1, 0.15) is 0 Å². The highest BCUT2D eigenvalue weighted by Crippen LogP contribution is 1.84. The third-order valence-electron chi connectivity index (χ3n) is 1.30. The lowest BCUT2D eigenvalue weighted by Gasteiger charge is -2.14. The molecule has 0 atom stereocenters. The highest BCUT2D eigenvalue weighted by molar-refractivity contribution is 6.34. The van der Waals surface area contributed by atoms with E-state index in [4.69, 9.17) is 10.6 Å². The summed E-state index contributed by atoms with van der Waals surface area (Å²) in [7, 11) is 3.01. The van der Waals surface area contributed by atoms with E-state index < -0.39 is 11.8 Å². The molecule has 3 N–H and O–H groups in total. The van der Waals surface area contributed by atoms with E-state index in [2.05, 4.69) is 0 Å². The molecular weight excluding hydrogens is 162 g/mol. The van der Waals surface area contributed by atoms with Crippen LogP contribution in [0.4, 0.5) is 0 Å². The Kier molecular flexibility index (Phi) is 4.98. The van der Waals surface area contributed by atoms with E-state index in [-0.39, 0.29) is 0 Å². The van der Waals surface area contributed by atoms with Gasteiger partial charge in [-0.1, -0.05) is 0 Å². The van der Waals surface area contributed by atoms with Gasteiger partial charge in [0.15, 0.2) is 0 Å². The van der Waals surface area contributed by atoms with Gasteiger partial charge in [-0.15, -0.1) is 0 Å². The molecule has 0 aliphatic heterocycles. The molecular formula is C6H13N3O3. The van der Waals surface area contributed by atoms with E-state index in [0.717, 1.165) is 0 Å². The van der Waals surface area contributed by atoms with Crippen LogP contribution in [-0.2, 0) is 14.3 Å². The number of ether oxygens (including phenoxy) is 1. The summed E-state index contributed by atoms with van der Waals surface area (Å²) in [5.74, 6) is 3.26. The Bertz CT molecular complexity index is 171. The van der Waals surface area contributed by atoms with E-state index in [1.165, 1.54) is 19.1 Å². The average molecular weight is 175 g/mol. The van der Waals surface area contributed by atoms with Crippen LogP contribution in [0.1, 0.15) is 0 Å². The molecule has 0 aromatic carbocycles. The third-order valence-corrected chi connectivity index (χ3v) is 1.30. The van der Waals surface area contributed by atoms with Gasteiger partial charge in [-0.3, -0.25) is 15.0 Å². The van der Waals surface area contributed by atoms with Gasteiger partial charge in [0.05, 0.1) is 6.61 Å². The van der Waals surface area contributed by atoms with E-state index in [0.29, 0.717) is 13.2 Å². The molecule has 0 saturated carbocycles. The number of likely N-dealkylation sites (N-methyl/N-ethyl adjacent to an activating group) is 1. The van der Waals surface area contributed by atoms with Crippen LogP contribution in [0.25, 0.3) is 0 Å². The van der Waals surface area contributed by atoms with Crippen molar-refractivity contribution in [3.8, 4) is 0 Å². The maximum atomic E-state index is 11.0. The number of carbonyl (C=O) groups excluding carboxylic acids is 2. The van der Waals surface area contributed by atoms with Crippen LogP contribution >= 0.6 is 0 Å². The number of hydrogen-bond donors (Lipinski definition) is 2. The van der Waals surface area contributed by atoms with Crippen molar-refractivity contribution in [2.75, 3.05) is 27.3 Å². The van der Waals surface area contributed by atoms with Crippen molar-refractivity contribution < 1.29 is 14.3 Å². The lowest BCUT2D eigenvalue weighted by atomic mass is 10.5. The van der Waals surface area contributed by atoms with Gasteiger partial charge in [-0.25, -0.2) is 5.84 Å². The Morgan fingerprint density at radius 3 is 2.58 bits per heavy atom. The van der Waals surface area contributed by atoms with Gasteiger partial charge in [-0.05, 0) is 0 Å². The molecule has 0 rings (SSSR count). The molecule has 12 heavy (non-hydrogen) atoms. The molecule has 0 spiro atoms. The Morgan fingerprint density at radius 2 is 2.17 bits per heavy atom. The fraction of sp³-hybridized carbons (Fsp3) is 0.667. The van der Waals surface area contributed by atoms with Crippen molar-refractivity contribution in [3.63, 3.8) is 0 Å². The first-order valence-electron chi connectivity index (χ1n) is 3.38. The number of hydrogen-bond acceptors (Lipinski definition) is 4. The number of nitrogens with two attached hydrogens (primary N) is 1. The molecule has 0 unspecified atom stereocenters. The minimum Gasteiger partial charge on any atom is -0.383 e. The van der Waals surface area contributed by atoms with Crippen molar-refractivity contribution in [1.82, 2.24) is 10.3 Å². The van der Waals surface area contributed by atoms with Crippen LogP contribution in [0.15, 0.2) is 0 Å². The summed E-state index contributed by atoms with van der Waals surface area (Å²) in [5.41, 5.74) is 1.75. The molecule has 0 aromatic heterocycles. The smallest absolute Gasteiger partial charge is 0.323 e. The number of nitrogens with zero attached hydrogens (tertiary/aromatic N) is 1. The molecule has 0 fully saturated rings. The summed E-state index contributed by atoms with van der Waals surface area (Å²) in [6.07, 6.45) is 0. The van der Waals surface area contributed by atoms with Gasteiger partial charge >= 0.3 is 11.8 Å². The van der Waals surface area contributed by atoms with Crippen LogP contribution in [0, 0.1) is 0 Å². The average Bonchev–Trinajstić information content (AvgIpc) is 2.11. The fourth-order valence-corrected chi connectivity index (χ4v) is 0.565. The Balaban J connectivity index is 3.84. The van der Waals surface area contributed by atoms with Crippen molar-refractivity contribution >= 4 is 11.8 Å². The maximum absolute atomic E-state index is 11.0. The number of hydrazine groups is 1. The minimum absolute atomic E-state index is 0.364. The Labute approximate surface area is 70.6 Å². The zero-order valence-corrected chi connectivity index (χ0v) is 7.16. The normalized spacial score (nSPS) is 9.25. The van der Waals surface area contributed by atoms with Gasteiger partial charge < -0.3 is 9.64 Å². The van der Waals surface area contributed by atoms with E-state index >= 15 is 0 Å². The van der Waals surface area contributed by atoms with E-state index in [1.807, 2.05) is 0 Å².